The maximum Gasteiger partial charge on any atom is 0.310 e. The molecule has 0 spiro atoms. The van der Waals surface area contributed by atoms with Crippen molar-refractivity contribution in [3.8, 4) is 17.3 Å². The number of imidazole rings is 1. The Hall–Kier alpha value is -3.98. The maximum atomic E-state index is 12.9. The van der Waals surface area contributed by atoms with Crippen LogP contribution in [0, 0.1) is 0 Å². The standard InChI is InChI=1S/C22H20N6O3/c1-12(29)31-22-26-17-9-15-16(10-18(17)27-22)25-21(30)20(24-15)14-11-28(8-4-7-23)19-6-3-2-5-13(14)19/h2-3,5-6,9-11H,4,7-8,23H2,1H3,(H,25,30)(H,26,27). The number of carbonyl (C=O) groups excluding carboxylic acids is 1. The van der Waals surface area contributed by atoms with Gasteiger partial charge in [-0.2, -0.15) is 4.98 Å². The van der Waals surface area contributed by atoms with E-state index in [4.69, 9.17) is 10.5 Å². The van der Waals surface area contributed by atoms with Gasteiger partial charge in [-0.3, -0.25) is 9.59 Å². The summed E-state index contributed by atoms with van der Waals surface area (Å²) in [5.41, 5.74) is 9.89. The van der Waals surface area contributed by atoms with Crippen LogP contribution in [-0.4, -0.2) is 37.0 Å². The predicted octanol–water partition coefficient (Wildman–Crippen LogP) is 2.70. The number of nitrogens with two attached hydrogens (primary N) is 1. The van der Waals surface area contributed by atoms with Crippen LogP contribution in [0.25, 0.3) is 44.2 Å². The van der Waals surface area contributed by atoms with Crippen LogP contribution >= 0.6 is 0 Å². The number of aromatic amines is 2. The summed E-state index contributed by atoms with van der Waals surface area (Å²) in [6, 6.07) is 11.5. The van der Waals surface area contributed by atoms with Crippen LogP contribution in [0.1, 0.15) is 13.3 Å². The summed E-state index contributed by atoms with van der Waals surface area (Å²) in [4.78, 5) is 38.9. The number of hydrogen-bond acceptors (Lipinski definition) is 6. The molecular weight excluding hydrogens is 396 g/mol. The SMILES string of the molecule is CC(=O)Oc1nc2cc3[nH]c(=O)c(-c4cn(CCCN)c5ccccc45)nc3cc2[nH]1. The lowest BCUT2D eigenvalue weighted by Crippen LogP contribution is -2.11. The molecule has 0 bridgehead atoms. The van der Waals surface area contributed by atoms with E-state index in [9.17, 15) is 9.59 Å². The lowest BCUT2D eigenvalue weighted by Gasteiger charge is -2.03. The number of para-hydroxylation sites is 1. The van der Waals surface area contributed by atoms with Crippen molar-refractivity contribution in [2.45, 2.75) is 19.9 Å². The fraction of sp³-hybridized carbons (Fsp3) is 0.182. The van der Waals surface area contributed by atoms with Crippen molar-refractivity contribution in [3.63, 3.8) is 0 Å². The highest BCUT2D eigenvalue weighted by molar-refractivity contribution is 5.97. The summed E-state index contributed by atoms with van der Waals surface area (Å²) < 4.78 is 7.12. The molecule has 5 aromatic rings. The van der Waals surface area contributed by atoms with Crippen molar-refractivity contribution in [2.75, 3.05) is 6.54 Å². The third-order valence-electron chi connectivity index (χ3n) is 5.16. The fourth-order valence-corrected chi connectivity index (χ4v) is 3.82. The zero-order valence-electron chi connectivity index (χ0n) is 16.8. The van der Waals surface area contributed by atoms with E-state index in [1.165, 1.54) is 6.92 Å². The van der Waals surface area contributed by atoms with Crippen LogP contribution in [0.4, 0.5) is 0 Å². The number of aryl methyl sites for hydroxylation is 1. The zero-order valence-corrected chi connectivity index (χ0v) is 16.8. The first-order valence-corrected chi connectivity index (χ1v) is 9.94. The Morgan fingerprint density at radius 2 is 1.87 bits per heavy atom. The molecule has 9 heteroatoms. The summed E-state index contributed by atoms with van der Waals surface area (Å²) >= 11 is 0. The highest BCUT2D eigenvalue weighted by Crippen LogP contribution is 2.29. The molecule has 0 atom stereocenters. The Morgan fingerprint density at radius 3 is 2.65 bits per heavy atom. The van der Waals surface area contributed by atoms with E-state index < -0.39 is 5.97 Å². The van der Waals surface area contributed by atoms with E-state index in [0.717, 1.165) is 29.4 Å². The van der Waals surface area contributed by atoms with Crippen LogP contribution in [-0.2, 0) is 11.3 Å². The largest absolute Gasteiger partial charge is 0.392 e. The molecule has 0 amide bonds. The molecule has 3 heterocycles. The smallest absolute Gasteiger partial charge is 0.310 e. The molecule has 4 N–H and O–H groups in total. The summed E-state index contributed by atoms with van der Waals surface area (Å²) in [6.07, 6.45) is 2.79. The van der Waals surface area contributed by atoms with Crippen molar-refractivity contribution < 1.29 is 9.53 Å². The van der Waals surface area contributed by atoms with E-state index in [2.05, 4.69) is 24.5 Å². The number of rotatable bonds is 5. The molecule has 9 nitrogen and oxygen atoms in total. The highest BCUT2D eigenvalue weighted by atomic mass is 16.5. The van der Waals surface area contributed by atoms with Gasteiger partial charge in [0, 0.05) is 36.1 Å². The summed E-state index contributed by atoms with van der Waals surface area (Å²) in [6.45, 7) is 2.65. The number of hydrogen-bond donors (Lipinski definition) is 3. The number of H-pyrrole nitrogens is 2. The van der Waals surface area contributed by atoms with Gasteiger partial charge in [0.15, 0.2) is 0 Å². The third-order valence-corrected chi connectivity index (χ3v) is 5.16. The lowest BCUT2D eigenvalue weighted by atomic mass is 10.1. The molecule has 0 saturated carbocycles. The van der Waals surface area contributed by atoms with Crippen molar-refractivity contribution in [2.24, 2.45) is 5.73 Å². The minimum absolute atomic E-state index is 0.100. The number of aromatic nitrogens is 5. The fourth-order valence-electron chi connectivity index (χ4n) is 3.82. The van der Waals surface area contributed by atoms with E-state index in [1.807, 2.05) is 30.5 Å². The molecule has 0 saturated heterocycles. The molecular formula is C22H20N6O3. The topological polar surface area (TPSA) is 132 Å². The van der Waals surface area contributed by atoms with E-state index in [-0.39, 0.29) is 11.6 Å². The van der Waals surface area contributed by atoms with Crippen LogP contribution in [0.5, 0.6) is 6.01 Å². The molecule has 3 aromatic heterocycles. The first kappa shape index (κ1) is 19.0. The second-order valence-corrected chi connectivity index (χ2v) is 7.33. The monoisotopic (exact) mass is 416 g/mol. The van der Waals surface area contributed by atoms with Crippen LogP contribution in [0.2, 0.25) is 0 Å². The third kappa shape index (κ3) is 3.34. The Balaban J connectivity index is 1.68. The van der Waals surface area contributed by atoms with Gasteiger partial charge in [-0.15, -0.1) is 0 Å². The second kappa shape index (κ2) is 7.37. The lowest BCUT2D eigenvalue weighted by molar-refractivity contribution is -0.132. The quantitative estimate of drug-likeness (QED) is 0.378. The van der Waals surface area contributed by atoms with Gasteiger partial charge in [0.2, 0.25) is 0 Å². The van der Waals surface area contributed by atoms with Crippen molar-refractivity contribution in [1.29, 1.82) is 0 Å². The highest BCUT2D eigenvalue weighted by Gasteiger charge is 2.16. The predicted molar refractivity (Wildman–Crippen MR) is 118 cm³/mol. The minimum Gasteiger partial charge on any atom is -0.392 e. The van der Waals surface area contributed by atoms with Gasteiger partial charge in [0.1, 0.15) is 5.69 Å². The van der Waals surface area contributed by atoms with Crippen LogP contribution in [0.3, 0.4) is 0 Å². The summed E-state index contributed by atoms with van der Waals surface area (Å²) in [7, 11) is 0. The van der Waals surface area contributed by atoms with Crippen molar-refractivity contribution in [3.05, 3.63) is 52.9 Å². The van der Waals surface area contributed by atoms with Gasteiger partial charge in [0.25, 0.3) is 5.56 Å². The van der Waals surface area contributed by atoms with Gasteiger partial charge in [-0.25, -0.2) is 4.98 Å². The number of nitrogens with one attached hydrogen (secondary N) is 2. The number of esters is 1. The molecule has 0 aliphatic carbocycles. The van der Waals surface area contributed by atoms with Crippen LogP contribution in [0.15, 0.2) is 47.4 Å². The minimum atomic E-state index is -0.469. The number of nitrogens with zero attached hydrogens (tertiary/aromatic N) is 3. The number of fused-ring (bicyclic) bond motifs is 3. The molecule has 5 rings (SSSR count). The van der Waals surface area contributed by atoms with Gasteiger partial charge >= 0.3 is 12.0 Å². The molecule has 2 aromatic carbocycles. The van der Waals surface area contributed by atoms with Gasteiger partial charge in [0.05, 0.1) is 22.1 Å². The zero-order chi connectivity index (χ0) is 21.5. The van der Waals surface area contributed by atoms with Crippen molar-refractivity contribution >= 4 is 38.9 Å². The van der Waals surface area contributed by atoms with Crippen LogP contribution < -0.4 is 16.0 Å². The molecule has 0 unspecified atom stereocenters. The first-order chi connectivity index (χ1) is 15.0. The molecule has 0 fully saturated rings. The maximum absolute atomic E-state index is 12.9. The average Bonchev–Trinajstić information content (AvgIpc) is 3.30. The molecule has 0 aliphatic heterocycles. The van der Waals surface area contributed by atoms with Gasteiger partial charge < -0.3 is 25.0 Å². The number of ether oxygens (including phenoxy) is 1. The normalized spacial score (nSPS) is 11.5. The van der Waals surface area contributed by atoms with E-state index >= 15 is 0 Å². The molecule has 156 valence electrons. The van der Waals surface area contributed by atoms with Crippen molar-refractivity contribution in [1.82, 2.24) is 24.5 Å². The Labute approximate surface area is 175 Å². The Morgan fingerprint density at radius 1 is 1.13 bits per heavy atom. The molecule has 31 heavy (non-hydrogen) atoms. The van der Waals surface area contributed by atoms with E-state index in [0.29, 0.717) is 34.3 Å². The summed E-state index contributed by atoms with van der Waals surface area (Å²) in [5, 5.41) is 0.955. The first-order valence-electron chi connectivity index (χ1n) is 9.94. The average molecular weight is 416 g/mol. The second-order valence-electron chi connectivity index (χ2n) is 7.33. The Kier molecular flexibility index (Phi) is 4.52. The van der Waals surface area contributed by atoms with E-state index in [1.54, 1.807) is 12.1 Å². The number of carbonyl (C=O) groups is 1. The Bertz CT molecular complexity index is 1510. The summed E-state index contributed by atoms with van der Waals surface area (Å²) in [5.74, 6) is -0.469. The molecule has 0 aliphatic rings. The van der Waals surface area contributed by atoms with Gasteiger partial charge in [-0.05, 0) is 31.2 Å². The number of benzene rings is 2. The molecule has 0 radical (unpaired) electrons. The van der Waals surface area contributed by atoms with Gasteiger partial charge in [-0.1, -0.05) is 18.2 Å².